The van der Waals surface area contributed by atoms with Crippen LogP contribution >= 0.6 is 0 Å². The Labute approximate surface area is 164 Å². The fraction of sp³-hybridized carbons (Fsp3) is 1.00. The van der Waals surface area contributed by atoms with E-state index >= 15 is 0 Å². The summed E-state index contributed by atoms with van der Waals surface area (Å²) in [5.41, 5.74) is 1.31. The van der Waals surface area contributed by atoms with Gasteiger partial charge in [-0.25, -0.2) is 0 Å². The molecule has 3 nitrogen and oxygen atoms in total. The molecule has 0 N–H and O–H groups in total. The van der Waals surface area contributed by atoms with Crippen molar-refractivity contribution in [1.29, 1.82) is 0 Å². The zero-order chi connectivity index (χ0) is 18.5. The van der Waals surface area contributed by atoms with Crippen LogP contribution in [0.15, 0.2) is 0 Å². The molecule has 0 bridgehead atoms. The Morgan fingerprint density at radius 2 is 1.44 bits per heavy atom. The van der Waals surface area contributed by atoms with Crippen LogP contribution in [-0.4, -0.2) is 31.2 Å². The summed E-state index contributed by atoms with van der Waals surface area (Å²) in [5, 5.41) is 0. The highest BCUT2D eigenvalue weighted by Gasteiger charge is 2.65. The Kier molecular flexibility index (Phi) is 3.62. The van der Waals surface area contributed by atoms with Gasteiger partial charge in [-0.2, -0.15) is 0 Å². The van der Waals surface area contributed by atoms with Crippen LogP contribution in [0.1, 0.15) is 78.6 Å². The van der Waals surface area contributed by atoms with Crippen molar-refractivity contribution in [3.63, 3.8) is 0 Å². The number of hydrogen-bond acceptors (Lipinski definition) is 3. The van der Waals surface area contributed by atoms with Gasteiger partial charge in [0.05, 0.1) is 25.4 Å². The van der Waals surface area contributed by atoms with Gasteiger partial charge in [-0.05, 0) is 99.2 Å². The zero-order valence-electron chi connectivity index (χ0n) is 17.6. The smallest absolute Gasteiger partial charge is 0.169 e. The van der Waals surface area contributed by atoms with Crippen molar-refractivity contribution in [3.8, 4) is 0 Å². The lowest BCUT2D eigenvalue weighted by Crippen LogP contribution is -2.56. The summed E-state index contributed by atoms with van der Waals surface area (Å²) in [7, 11) is 0. The van der Waals surface area contributed by atoms with Crippen LogP contribution in [0.3, 0.4) is 0 Å². The van der Waals surface area contributed by atoms with Gasteiger partial charge in [-0.1, -0.05) is 13.8 Å². The first-order chi connectivity index (χ1) is 12.9. The maximum absolute atomic E-state index is 6.17. The molecule has 0 unspecified atom stereocenters. The van der Waals surface area contributed by atoms with E-state index in [0.717, 1.165) is 43.5 Å². The summed E-state index contributed by atoms with van der Waals surface area (Å²) in [6.07, 6.45) is 12.5. The molecule has 6 fully saturated rings. The summed E-state index contributed by atoms with van der Waals surface area (Å²) < 4.78 is 18.3. The first-order valence-corrected chi connectivity index (χ1v) is 11.8. The molecule has 4 saturated carbocycles. The molecule has 6 aliphatic rings. The largest absolute Gasteiger partial charge is 0.370 e. The maximum Gasteiger partial charge on any atom is 0.169 e. The first kappa shape index (κ1) is 17.7. The molecule has 0 aromatic rings. The third-order valence-corrected chi connectivity index (χ3v) is 10.8. The minimum absolute atomic E-state index is 0.321. The minimum Gasteiger partial charge on any atom is -0.370 e. The van der Waals surface area contributed by atoms with E-state index in [-0.39, 0.29) is 5.79 Å². The normalized spacial score (nSPS) is 58.6. The van der Waals surface area contributed by atoms with Gasteiger partial charge in [-0.15, -0.1) is 0 Å². The lowest BCUT2D eigenvalue weighted by molar-refractivity contribution is -0.218. The summed E-state index contributed by atoms with van der Waals surface area (Å²) in [6.45, 7) is 10.1. The molecule has 4 aliphatic carbocycles. The molecule has 0 amide bonds. The Bertz CT molecular complexity index is 621. The predicted molar refractivity (Wildman–Crippen MR) is 104 cm³/mol. The summed E-state index contributed by atoms with van der Waals surface area (Å²) >= 11 is 0. The van der Waals surface area contributed by atoms with Crippen LogP contribution in [-0.2, 0) is 14.2 Å². The maximum atomic E-state index is 6.17. The van der Waals surface area contributed by atoms with Gasteiger partial charge >= 0.3 is 0 Å². The quantitative estimate of drug-likeness (QED) is 0.593. The molecule has 2 heterocycles. The van der Waals surface area contributed by atoms with Crippen molar-refractivity contribution in [2.75, 3.05) is 19.8 Å². The highest BCUT2D eigenvalue weighted by molar-refractivity contribution is 5.13. The highest BCUT2D eigenvalue weighted by Crippen LogP contribution is 2.70. The van der Waals surface area contributed by atoms with E-state index in [1.165, 1.54) is 57.8 Å². The Morgan fingerprint density at radius 3 is 2.19 bits per heavy atom. The topological polar surface area (TPSA) is 31.0 Å². The molecule has 2 aliphatic heterocycles. The number of hydrogen-bond donors (Lipinski definition) is 0. The molecular weight excluding hydrogens is 336 g/mol. The molecule has 152 valence electrons. The van der Waals surface area contributed by atoms with E-state index in [4.69, 9.17) is 14.2 Å². The van der Waals surface area contributed by atoms with Crippen LogP contribution in [0.5, 0.6) is 0 Å². The van der Waals surface area contributed by atoms with Gasteiger partial charge in [0.25, 0.3) is 0 Å². The molecule has 0 aromatic heterocycles. The molecule has 3 heteroatoms. The highest BCUT2D eigenvalue weighted by atomic mass is 16.7. The third-order valence-electron chi connectivity index (χ3n) is 10.8. The Morgan fingerprint density at radius 1 is 0.704 bits per heavy atom. The van der Waals surface area contributed by atoms with Crippen molar-refractivity contribution in [1.82, 2.24) is 0 Å². The summed E-state index contributed by atoms with van der Waals surface area (Å²) in [4.78, 5) is 0. The van der Waals surface area contributed by atoms with Gasteiger partial charge in [0.1, 0.15) is 0 Å². The average Bonchev–Trinajstić information content (AvgIpc) is 3.07. The molecule has 1 spiro atoms. The fourth-order valence-corrected chi connectivity index (χ4v) is 9.27. The lowest BCUT2D eigenvalue weighted by atomic mass is 9.44. The average molecular weight is 375 g/mol. The zero-order valence-corrected chi connectivity index (χ0v) is 17.6. The number of epoxide rings is 1. The summed E-state index contributed by atoms with van der Waals surface area (Å²) in [6, 6.07) is 0. The van der Waals surface area contributed by atoms with E-state index < -0.39 is 0 Å². The van der Waals surface area contributed by atoms with Gasteiger partial charge in [-0.3, -0.25) is 0 Å². The first-order valence-electron chi connectivity index (χ1n) is 11.8. The van der Waals surface area contributed by atoms with Crippen molar-refractivity contribution in [3.05, 3.63) is 0 Å². The number of rotatable bonds is 1. The van der Waals surface area contributed by atoms with Crippen molar-refractivity contribution >= 4 is 0 Å². The molecule has 2 saturated heterocycles. The number of fused-ring (bicyclic) bond motifs is 5. The SMILES string of the molecule is CC1([C@H]2CC[C@H]3[C@@H]4CC[C@@H]5C[C@]6(CC[C@]5(C)[C@H]4CC[C@]23C)CO6)OCCO1. The van der Waals surface area contributed by atoms with Crippen LogP contribution in [0.2, 0.25) is 0 Å². The predicted octanol–water partition coefficient (Wildman–Crippen LogP) is 5.18. The third kappa shape index (κ3) is 2.31. The van der Waals surface area contributed by atoms with Crippen LogP contribution in [0, 0.1) is 40.4 Å². The van der Waals surface area contributed by atoms with E-state index in [9.17, 15) is 0 Å². The second-order valence-electron chi connectivity index (χ2n) is 11.7. The van der Waals surface area contributed by atoms with Crippen molar-refractivity contribution in [2.24, 2.45) is 40.4 Å². The lowest BCUT2D eigenvalue weighted by Gasteiger charge is -2.61. The molecule has 6 rings (SSSR count). The second-order valence-corrected chi connectivity index (χ2v) is 11.7. The van der Waals surface area contributed by atoms with Crippen LogP contribution in [0.4, 0.5) is 0 Å². The van der Waals surface area contributed by atoms with Crippen molar-refractivity contribution < 1.29 is 14.2 Å². The van der Waals surface area contributed by atoms with Gasteiger partial charge < -0.3 is 14.2 Å². The van der Waals surface area contributed by atoms with Crippen LogP contribution < -0.4 is 0 Å². The standard InChI is InChI=1S/C24H38O3/c1-21-10-11-24(15-27-24)14-16(21)4-5-17-18-6-7-20(23(3)25-12-13-26-23)22(18,2)9-8-19(17)21/h16-20H,4-15H2,1-3H3/t16-,17+,18+,19+,20+,21+,22+,24-/m1/s1. The monoisotopic (exact) mass is 374 g/mol. The molecule has 27 heavy (non-hydrogen) atoms. The van der Waals surface area contributed by atoms with Gasteiger partial charge in [0.15, 0.2) is 5.79 Å². The fourth-order valence-electron chi connectivity index (χ4n) is 9.27. The van der Waals surface area contributed by atoms with Crippen LogP contribution in [0.25, 0.3) is 0 Å². The minimum atomic E-state index is -0.321. The molecule has 0 aromatic carbocycles. The molecule has 0 radical (unpaired) electrons. The van der Waals surface area contributed by atoms with E-state index in [0.29, 0.717) is 22.3 Å². The Balaban J connectivity index is 1.27. The summed E-state index contributed by atoms with van der Waals surface area (Å²) in [5.74, 6) is 3.94. The van der Waals surface area contributed by atoms with E-state index in [2.05, 4.69) is 20.8 Å². The van der Waals surface area contributed by atoms with E-state index in [1.807, 2.05) is 0 Å². The molecular formula is C24H38O3. The molecule has 8 atom stereocenters. The van der Waals surface area contributed by atoms with Gasteiger partial charge in [0.2, 0.25) is 0 Å². The second kappa shape index (κ2) is 5.52. The Hall–Kier alpha value is -0.120. The van der Waals surface area contributed by atoms with Crippen molar-refractivity contribution in [2.45, 2.75) is 89.9 Å². The van der Waals surface area contributed by atoms with E-state index in [1.54, 1.807) is 0 Å². The van der Waals surface area contributed by atoms with Gasteiger partial charge in [0, 0.05) is 5.92 Å². The number of ether oxygens (including phenoxy) is 3.